The molecule has 0 bridgehead atoms. The van der Waals surface area contributed by atoms with Crippen LogP contribution in [-0.4, -0.2) is 33.9 Å². The van der Waals surface area contributed by atoms with E-state index in [-0.39, 0.29) is 17.4 Å². The van der Waals surface area contributed by atoms with Gasteiger partial charge in [-0.3, -0.25) is 14.2 Å². The predicted molar refractivity (Wildman–Crippen MR) is 101 cm³/mol. The Morgan fingerprint density at radius 3 is 2.63 bits per heavy atom. The van der Waals surface area contributed by atoms with Crippen molar-refractivity contribution in [3.63, 3.8) is 0 Å². The summed E-state index contributed by atoms with van der Waals surface area (Å²) in [5.41, 5.74) is 0.797. The summed E-state index contributed by atoms with van der Waals surface area (Å²) in [5.74, 6) is -0.951. The number of rotatable bonds is 5. The van der Waals surface area contributed by atoms with E-state index in [1.54, 1.807) is 4.57 Å². The number of nitrogens with zero attached hydrogens (tertiary/aromatic N) is 2. The van der Waals surface area contributed by atoms with Gasteiger partial charge in [0.15, 0.2) is 5.16 Å². The lowest BCUT2D eigenvalue weighted by atomic mass is 10.2. The van der Waals surface area contributed by atoms with Crippen LogP contribution < -0.4 is 10.9 Å². The zero-order chi connectivity index (χ0) is 19.8. The molecule has 3 rings (SSSR count). The van der Waals surface area contributed by atoms with Crippen LogP contribution in [-0.2, 0) is 4.79 Å². The first-order valence-corrected chi connectivity index (χ1v) is 10.5. The summed E-state index contributed by atoms with van der Waals surface area (Å²) >= 11 is 2.43. The lowest BCUT2D eigenvalue weighted by Gasteiger charge is -2.18. The fourth-order valence-corrected chi connectivity index (χ4v) is 5.22. The molecule has 148 valence electrons. The smallest absolute Gasteiger partial charge is 0.346 e. The molecule has 5 nitrogen and oxygen atoms in total. The zero-order valence-electron chi connectivity index (χ0n) is 15.0. The van der Waals surface area contributed by atoms with Gasteiger partial charge in [0, 0.05) is 10.9 Å². The van der Waals surface area contributed by atoms with Crippen molar-refractivity contribution in [2.45, 2.75) is 56.9 Å². The molecule has 0 unspecified atom stereocenters. The first-order valence-electron chi connectivity index (χ1n) is 8.66. The molecule has 1 aliphatic rings. The topological polar surface area (TPSA) is 64.0 Å². The molecule has 0 aliphatic heterocycles. The molecule has 1 fully saturated rings. The van der Waals surface area contributed by atoms with Crippen LogP contribution in [0.25, 0.3) is 10.2 Å². The third-order valence-corrected chi connectivity index (χ3v) is 6.76. The molecule has 1 amide bonds. The monoisotopic (exact) mass is 419 g/mol. The highest BCUT2D eigenvalue weighted by Crippen LogP contribution is 2.34. The number of amides is 1. The van der Waals surface area contributed by atoms with Crippen LogP contribution in [0.1, 0.15) is 42.2 Å². The van der Waals surface area contributed by atoms with Gasteiger partial charge in [0.05, 0.1) is 11.1 Å². The minimum Gasteiger partial charge on any atom is -0.346 e. The van der Waals surface area contributed by atoms with E-state index < -0.39 is 18.6 Å². The Morgan fingerprint density at radius 2 is 2.00 bits per heavy atom. The van der Waals surface area contributed by atoms with E-state index in [1.807, 2.05) is 19.2 Å². The van der Waals surface area contributed by atoms with Gasteiger partial charge in [0.25, 0.3) is 5.56 Å². The molecule has 1 aliphatic carbocycles. The molecule has 2 aromatic rings. The number of carbonyl (C=O) groups is 1. The largest absolute Gasteiger partial charge is 0.405 e. The second-order valence-corrected chi connectivity index (χ2v) is 8.80. The number of hydrogen-bond donors (Lipinski definition) is 1. The van der Waals surface area contributed by atoms with Gasteiger partial charge in [-0.15, -0.1) is 11.3 Å². The third-order valence-electron chi connectivity index (χ3n) is 4.71. The average molecular weight is 419 g/mol. The average Bonchev–Trinajstić information content (AvgIpc) is 3.19. The number of aromatic nitrogens is 2. The van der Waals surface area contributed by atoms with Crippen LogP contribution in [0.2, 0.25) is 0 Å². The predicted octanol–water partition coefficient (Wildman–Crippen LogP) is 3.96. The number of nitrogens with one attached hydrogen (secondary N) is 1. The van der Waals surface area contributed by atoms with Gasteiger partial charge in [-0.05, 0) is 32.3 Å². The molecule has 0 spiro atoms. The summed E-state index contributed by atoms with van der Waals surface area (Å²) < 4.78 is 38.4. The number of thiophene rings is 1. The van der Waals surface area contributed by atoms with Gasteiger partial charge in [0.2, 0.25) is 5.91 Å². The SMILES string of the molecule is Cc1sc2nc(SCC(=O)NCC(F)(F)F)n(C3CCCC3)c(=O)c2c1C. The van der Waals surface area contributed by atoms with Gasteiger partial charge in [0.1, 0.15) is 11.4 Å². The van der Waals surface area contributed by atoms with E-state index in [0.29, 0.717) is 15.4 Å². The van der Waals surface area contributed by atoms with Crippen molar-refractivity contribution in [1.29, 1.82) is 0 Å². The second-order valence-electron chi connectivity index (χ2n) is 6.65. The molecule has 2 aromatic heterocycles. The Balaban J connectivity index is 1.90. The summed E-state index contributed by atoms with van der Waals surface area (Å²) in [4.78, 5) is 31.1. The summed E-state index contributed by atoms with van der Waals surface area (Å²) in [5, 5.41) is 2.86. The number of hydrogen-bond acceptors (Lipinski definition) is 5. The van der Waals surface area contributed by atoms with Crippen molar-refractivity contribution in [1.82, 2.24) is 14.9 Å². The molecular weight excluding hydrogens is 399 g/mol. The Kier molecular flexibility index (Phi) is 5.85. The Morgan fingerprint density at radius 1 is 1.33 bits per heavy atom. The lowest BCUT2D eigenvalue weighted by Crippen LogP contribution is -2.35. The van der Waals surface area contributed by atoms with Gasteiger partial charge in [-0.2, -0.15) is 13.2 Å². The summed E-state index contributed by atoms with van der Waals surface area (Å²) in [6, 6.07) is 0.0229. The van der Waals surface area contributed by atoms with Crippen LogP contribution in [0, 0.1) is 13.8 Å². The van der Waals surface area contributed by atoms with Gasteiger partial charge >= 0.3 is 6.18 Å². The molecule has 0 saturated heterocycles. The number of fused-ring (bicyclic) bond motifs is 1. The molecule has 1 N–H and O–H groups in total. The van der Waals surface area contributed by atoms with Crippen molar-refractivity contribution < 1.29 is 18.0 Å². The van der Waals surface area contributed by atoms with E-state index in [4.69, 9.17) is 0 Å². The van der Waals surface area contributed by atoms with Crippen molar-refractivity contribution in [2.75, 3.05) is 12.3 Å². The Hall–Kier alpha value is -1.55. The Bertz CT molecular complexity index is 915. The van der Waals surface area contributed by atoms with Gasteiger partial charge < -0.3 is 5.32 Å². The van der Waals surface area contributed by atoms with Crippen molar-refractivity contribution in [3.05, 3.63) is 20.8 Å². The minimum absolute atomic E-state index is 0.0229. The fourth-order valence-electron chi connectivity index (χ4n) is 3.25. The van der Waals surface area contributed by atoms with Gasteiger partial charge in [-0.1, -0.05) is 24.6 Å². The highest BCUT2D eigenvalue weighted by molar-refractivity contribution is 7.99. The quantitative estimate of drug-likeness (QED) is 0.589. The maximum absolute atomic E-state index is 13.1. The molecule has 0 atom stereocenters. The molecule has 0 aromatic carbocycles. The fraction of sp³-hybridized carbons (Fsp3) is 0.588. The van der Waals surface area contributed by atoms with Gasteiger partial charge in [-0.25, -0.2) is 4.98 Å². The number of halogens is 3. The minimum atomic E-state index is -4.45. The summed E-state index contributed by atoms with van der Waals surface area (Å²) in [6.07, 6.45) is -0.679. The molecule has 2 heterocycles. The maximum atomic E-state index is 13.1. The highest BCUT2D eigenvalue weighted by Gasteiger charge is 2.28. The van der Waals surface area contributed by atoms with Crippen molar-refractivity contribution in [3.8, 4) is 0 Å². The lowest BCUT2D eigenvalue weighted by molar-refractivity contribution is -0.136. The highest BCUT2D eigenvalue weighted by atomic mass is 32.2. The zero-order valence-corrected chi connectivity index (χ0v) is 16.6. The Labute approximate surface area is 162 Å². The second kappa shape index (κ2) is 7.83. The van der Waals surface area contributed by atoms with E-state index >= 15 is 0 Å². The number of alkyl halides is 3. The van der Waals surface area contributed by atoms with Crippen molar-refractivity contribution in [2.24, 2.45) is 0 Å². The summed E-state index contributed by atoms with van der Waals surface area (Å²) in [7, 11) is 0. The first kappa shape index (κ1) is 20.2. The number of thioether (sulfide) groups is 1. The first-order chi connectivity index (χ1) is 12.7. The third kappa shape index (κ3) is 4.48. The molecule has 0 radical (unpaired) electrons. The summed E-state index contributed by atoms with van der Waals surface area (Å²) in [6.45, 7) is 2.46. The normalized spacial score (nSPS) is 15.6. The van der Waals surface area contributed by atoms with Crippen LogP contribution in [0.4, 0.5) is 13.2 Å². The standard InChI is InChI=1S/C17H20F3N3O2S2/c1-9-10(2)27-14-13(9)15(25)23(11-5-3-4-6-11)16(22-14)26-7-12(24)21-8-17(18,19)20/h11H,3-8H2,1-2H3,(H,21,24). The number of aryl methyl sites for hydroxylation is 2. The maximum Gasteiger partial charge on any atom is 0.405 e. The number of carbonyl (C=O) groups excluding carboxylic acids is 1. The van der Waals surface area contributed by atoms with Crippen LogP contribution in [0.5, 0.6) is 0 Å². The molecular formula is C17H20F3N3O2S2. The van der Waals surface area contributed by atoms with Crippen LogP contribution in [0.3, 0.4) is 0 Å². The van der Waals surface area contributed by atoms with E-state index in [9.17, 15) is 22.8 Å². The van der Waals surface area contributed by atoms with Crippen LogP contribution >= 0.6 is 23.1 Å². The van der Waals surface area contributed by atoms with E-state index in [1.165, 1.54) is 11.3 Å². The van der Waals surface area contributed by atoms with Crippen molar-refractivity contribution >= 4 is 39.2 Å². The molecule has 1 saturated carbocycles. The van der Waals surface area contributed by atoms with E-state index in [0.717, 1.165) is 47.9 Å². The molecule has 10 heteroatoms. The van der Waals surface area contributed by atoms with E-state index in [2.05, 4.69) is 4.98 Å². The van der Waals surface area contributed by atoms with Crippen LogP contribution in [0.15, 0.2) is 9.95 Å². The molecule has 27 heavy (non-hydrogen) atoms.